The van der Waals surface area contributed by atoms with Crippen LogP contribution < -0.4 is 0 Å². The Morgan fingerprint density at radius 3 is 2.35 bits per heavy atom. The van der Waals surface area contributed by atoms with Crippen molar-refractivity contribution in [3.63, 3.8) is 0 Å². The molecule has 0 spiro atoms. The molecule has 1 aliphatic heterocycles. The van der Waals surface area contributed by atoms with Gasteiger partial charge in [0, 0.05) is 0 Å². The molecule has 0 aromatic carbocycles. The summed E-state index contributed by atoms with van der Waals surface area (Å²) in [6.45, 7) is 15.4. The van der Waals surface area contributed by atoms with E-state index < -0.39 is 17.4 Å². The third-order valence-corrected chi connectivity index (χ3v) is 4.16. The van der Waals surface area contributed by atoms with Crippen LogP contribution in [0.4, 0.5) is 4.79 Å². The average Bonchev–Trinajstić information content (AvgIpc) is 2.71. The topological polar surface area (TPSA) is 65.1 Å². The summed E-state index contributed by atoms with van der Waals surface area (Å²) in [4.78, 5) is 26.2. The summed E-state index contributed by atoms with van der Waals surface area (Å²) in [6.07, 6.45) is -0.423. The van der Waals surface area contributed by atoms with Gasteiger partial charge in [-0.25, -0.2) is 4.79 Å². The molecule has 0 aromatic rings. The lowest BCUT2D eigenvalue weighted by atomic mass is 9.88. The first kappa shape index (κ1) is 19.7. The first-order valence-electron chi connectivity index (χ1n) is 8.23. The van der Waals surface area contributed by atoms with Gasteiger partial charge in [0.2, 0.25) is 0 Å². The maximum absolute atomic E-state index is 12.6. The first-order valence-corrected chi connectivity index (χ1v) is 8.23. The number of hydrogen-bond acceptors (Lipinski definition) is 5. The van der Waals surface area contributed by atoms with E-state index in [4.69, 9.17) is 14.2 Å². The van der Waals surface area contributed by atoms with Gasteiger partial charge in [-0.15, -0.1) is 0 Å². The number of esters is 1. The van der Waals surface area contributed by atoms with E-state index in [-0.39, 0.29) is 23.8 Å². The molecule has 1 amide bonds. The van der Waals surface area contributed by atoms with Crippen molar-refractivity contribution in [2.75, 3.05) is 13.2 Å². The van der Waals surface area contributed by atoms with Crippen LogP contribution in [0.25, 0.3) is 0 Å². The standard InChI is InChI=1S/C17H31NO5/c1-9-21-14(19)12(3)11(2)13-10-22-17(7,8)18(13)15(20)23-16(4,5)6/h11-13H,9-10H2,1-8H3/t11-,12-,13+/m0/s1. The largest absolute Gasteiger partial charge is 0.466 e. The maximum atomic E-state index is 12.6. The molecular formula is C17H31NO5. The van der Waals surface area contributed by atoms with Gasteiger partial charge in [-0.05, 0) is 47.5 Å². The number of rotatable bonds is 4. The summed E-state index contributed by atoms with van der Waals surface area (Å²) in [5, 5.41) is 0. The SMILES string of the molecule is CCOC(=O)[C@@H](C)[C@H](C)[C@H]1COC(C)(C)N1C(=O)OC(C)(C)C. The third kappa shape index (κ3) is 4.83. The molecule has 0 N–H and O–H groups in total. The number of carbonyl (C=O) groups is 2. The maximum Gasteiger partial charge on any atom is 0.412 e. The van der Waals surface area contributed by atoms with Crippen LogP contribution >= 0.6 is 0 Å². The second-order valence-electron chi connectivity index (χ2n) is 7.58. The molecule has 134 valence electrons. The fourth-order valence-corrected chi connectivity index (χ4v) is 2.71. The molecule has 0 unspecified atom stereocenters. The monoisotopic (exact) mass is 329 g/mol. The molecular weight excluding hydrogens is 298 g/mol. The van der Waals surface area contributed by atoms with Crippen LogP contribution in [0.2, 0.25) is 0 Å². The Bertz CT molecular complexity index is 441. The van der Waals surface area contributed by atoms with Crippen LogP contribution in [-0.2, 0) is 19.0 Å². The van der Waals surface area contributed by atoms with Gasteiger partial charge in [0.25, 0.3) is 0 Å². The van der Waals surface area contributed by atoms with Gasteiger partial charge < -0.3 is 14.2 Å². The molecule has 6 heteroatoms. The van der Waals surface area contributed by atoms with E-state index in [0.29, 0.717) is 13.2 Å². The highest BCUT2D eigenvalue weighted by Gasteiger charge is 2.49. The number of hydrogen-bond donors (Lipinski definition) is 0. The Balaban J connectivity index is 2.95. The highest BCUT2D eigenvalue weighted by Crippen LogP contribution is 2.35. The highest BCUT2D eigenvalue weighted by molar-refractivity contribution is 5.73. The fourth-order valence-electron chi connectivity index (χ4n) is 2.71. The molecule has 1 heterocycles. The Hall–Kier alpha value is -1.30. The van der Waals surface area contributed by atoms with Gasteiger partial charge in [-0.2, -0.15) is 0 Å². The molecule has 23 heavy (non-hydrogen) atoms. The van der Waals surface area contributed by atoms with Crippen molar-refractivity contribution in [1.82, 2.24) is 4.90 Å². The minimum Gasteiger partial charge on any atom is -0.466 e. The molecule has 0 aliphatic carbocycles. The summed E-state index contributed by atoms with van der Waals surface area (Å²) < 4.78 is 16.4. The zero-order valence-corrected chi connectivity index (χ0v) is 15.6. The van der Waals surface area contributed by atoms with Crippen LogP contribution in [0.1, 0.15) is 55.4 Å². The van der Waals surface area contributed by atoms with Gasteiger partial charge >= 0.3 is 12.1 Å². The lowest BCUT2D eigenvalue weighted by Crippen LogP contribution is -2.52. The van der Waals surface area contributed by atoms with Crippen molar-refractivity contribution < 1.29 is 23.8 Å². The summed E-state index contributed by atoms with van der Waals surface area (Å²) in [5.41, 5.74) is -1.36. The average molecular weight is 329 g/mol. The van der Waals surface area contributed by atoms with Crippen molar-refractivity contribution in [3.05, 3.63) is 0 Å². The van der Waals surface area contributed by atoms with Crippen LogP contribution in [0.15, 0.2) is 0 Å². The zero-order valence-electron chi connectivity index (χ0n) is 15.6. The number of carbonyl (C=O) groups excluding carboxylic acids is 2. The van der Waals surface area contributed by atoms with Gasteiger partial charge in [0.1, 0.15) is 11.3 Å². The van der Waals surface area contributed by atoms with Gasteiger partial charge in [-0.3, -0.25) is 9.69 Å². The lowest BCUT2D eigenvalue weighted by molar-refractivity contribution is -0.150. The normalized spacial score (nSPS) is 23.3. The lowest BCUT2D eigenvalue weighted by Gasteiger charge is -2.37. The molecule has 0 bridgehead atoms. The van der Waals surface area contributed by atoms with Gasteiger partial charge in [0.05, 0.1) is 25.2 Å². The van der Waals surface area contributed by atoms with E-state index in [0.717, 1.165) is 0 Å². The predicted octanol–water partition coefficient (Wildman–Crippen LogP) is 3.19. The summed E-state index contributed by atoms with van der Waals surface area (Å²) in [6, 6.07) is -0.237. The van der Waals surface area contributed by atoms with E-state index in [1.54, 1.807) is 11.8 Å². The quantitative estimate of drug-likeness (QED) is 0.741. The van der Waals surface area contributed by atoms with Crippen LogP contribution in [0, 0.1) is 11.8 Å². The van der Waals surface area contributed by atoms with Crippen molar-refractivity contribution in [2.45, 2.75) is 72.8 Å². The molecule has 0 saturated carbocycles. The van der Waals surface area contributed by atoms with E-state index >= 15 is 0 Å². The minimum absolute atomic E-state index is 0.108. The van der Waals surface area contributed by atoms with Crippen molar-refractivity contribution in [1.29, 1.82) is 0 Å². The Labute approximate surface area is 139 Å². The molecule has 1 rings (SSSR count). The van der Waals surface area contributed by atoms with E-state index in [1.165, 1.54) is 0 Å². The number of amides is 1. The van der Waals surface area contributed by atoms with Gasteiger partial charge in [-0.1, -0.05) is 13.8 Å². The minimum atomic E-state index is -0.768. The first-order chi connectivity index (χ1) is 10.4. The second-order valence-corrected chi connectivity index (χ2v) is 7.58. The summed E-state index contributed by atoms with van der Waals surface area (Å²) in [7, 11) is 0. The van der Waals surface area contributed by atoms with Crippen molar-refractivity contribution >= 4 is 12.1 Å². The molecule has 3 atom stereocenters. The Morgan fingerprint density at radius 1 is 1.30 bits per heavy atom. The Morgan fingerprint density at radius 2 is 1.87 bits per heavy atom. The molecule has 0 radical (unpaired) electrons. The number of ether oxygens (including phenoxy) is 3. The zero-order chi connectivity index (χ0) is 18.0. The summed E-state index contributed by atoms with van der Waals surface area (Å²) in [5.74, 6) is -0.695. The van der Waals surface area contributed by atoms with E-state index in [2.05, 4.69) is 0 Å². The second kappa shape index (κ2) is 7.07. The molecule has 0 aromatic heterocycles. The summed E-state index contributed by atoms with van der Waals surface area (Å²) >= 11 is 0. The van der Waals surface area contributed by atoms with Crippen LogP contribution in [-0.4, -0.2) is 47.5 Å². The predicted molar refractivity (Wildman–Crippen MR) is 86.9 cm³/mol. The molecule has 1 saturated heterocycles. The Kier molecular flexibility index (Phi) is 6.07. The van der Waals surface area contributed by atoms with E-state index in [1.807, 2.05) is 48.5 Å². The van der Waals surface area contributed by atoms with Crippen LogP contribution in [0.3, 0.4) is 0 Å². The molecule has 1 fully saturated rings. The van der Waals surface area contributed by atoms with Crippen molar-refractivity contribution in [3.8, 4) is 0 Å². The number of nitrogens with zero attached hydrogens (tertiary/aromatic N) is 1. The molecule has 1 aliphatic rings. The smallest absolute Gasteiger partial charge is 0.412 e. The fraction of sp³-hybridized carbons (Fsp3) is 0.882. The van der Waals surface area contributed by atoms with Crippen LogP contribution in [0.5, 0.6) is 0 Å². The van der Waals surface area contributed by atoms with E-state index in [9.17, 15) is 9.59 Å². The highest BCUT2D eigenvalue weighted by atomic mass is 16.6. The van der Waals surface area contributed by atoms with Gasteiger partial charge in [0.15, 0.2) is 0 Å². The molecule has 6 nitrogen and oxygen atoms in total. The third-order valence-electron chi connectivity index (χ3n) is 4.16. The van der Waals surface area contributed by atoms with Crippen molar-refractivity contribution in [2.24, 2.45) is 11.8 Å².